The van der Waals surface area contributed by atoms with Crippen molar-refractivity contribution in [2.75, 3.05) is 13.6 Å². The van der Waals surface area contributed by atoms with E-state index in [2.05, 4.69) is 0 Å². The third kappa shape index (κ3) is 3.51. The second-order valence-electron chi connectivity index (χ2n) is 4.20. The first-order chi connectivity index (χ1) is 8.84. The van der Waals surface area contributed by atoms with Crippen molar-refractivity contribution in [2.24, 2.45) is 5.92 Å². The molecule has 0 saturated carbocycles. The molecule has 102 valence electrons. The number of benzene rings is 1. The monoisotopic (exact) mass is 266 g/mol. The number of aliphatic carboxylic acids is 1. The van der Waals surface area contributed by atoms with Crippen molar-refractivity contribution < 1.29 is 19.6 Å². The quantitative estimate of drug-likeness (QED) is 0.641. The summed E-state index contributed by atoms with van der Waals surface area (Å²) >= 11 is 0. The zero-order valence-electron chi connectivity index (χ0n) is 10.6. The van der Waals surface area contributed by atoms with Crippen molar-refractivity contribution >= 4 is 17.6 Å². The molecule has 0 aliphatic carbocycles. The summed E-state index contributed by atoms with van der Waals surface area (Å²) in [5.74, 6) is -2.33. The van der Waals surface area contributed by atoms with Gasteiger partial charge in [0.2, 0.25) is 0 Å². The Kier molecular flexibility index (Phi) is 4.57. The van der Waals surface area contributed by atoms with E-state index in [0.29, 0.717) is 0 Å². The standard InChI is InChI=1S/C12H14N2O5/c1-8(12(16)17)7-13(2)11(15)9-5-3-4-6-10(9)14(18)19/h3-6,8H,7H2,1-2H3,(H,16,17). The maximum atomic E-state index is 12.1. The summed E-state index contributed by atoms with van der Waals surface area (Å²) in [6, 6.07) is 5.58. The van der Waals surface area contributed by atoms with Crippen LogP contribution in [0.4, 0.5) is 5.69 Å². The fourth-order valence-electron chi connectivity index (χ4n) is 1.59. The molecule has 1 unspecified atom stereocenters. The Morgan fingerprint density at radius 2 is 2.00 bits per heavy atom. The predicted molar refractivity (Wildman–Crippen MR) is 66.9 cm³/mol. The maximum absolute atomic E-state index is 12.1. The normalized spacial score (nSPS) is 11.7. The molecule has 0 bridgehead atoms. The van der Waals surface area contributed by atoms with E-state index in [1.54, 1.807) is 0 Å². The summed E-state index contributed by atoms with van der Waals surface area (Å²) in [5, 5.41) is 19.6. The van der Waals surface area contributed by atoms with Crippen molar-refractivity contribution in [3.8, 4) is 0 Å². The number of para-hydroxylation sites is 1. The highest BCUT2D eigenvalue weighted by atomic mass is 16.6. The molecule has 1 amide bonds. The summed E-state index contributed by atoms with van der Waals surface area (Å²) in [6.45, 7) is 1.45. The first-order valence-electron chi connectivity index (χ1n) is 5.56. The van der Waals surface area contributed by atoms with Crippen LogP contribution in [0.3, 0.4) is 0 Å². The molecular weight excluding hydrogens is 252 g/mol. The van der Waals surface area contributed by atoms with E-state index in [0.717, 1.165) is 0 Å². The Hall–Kier alpha value is -2.44. The Morgan fingerprint density at radius 1 is 1.42 bits per heavy atom. The zero-order valence-corrected chi connectivity index (χ0v) is 10.6. The molecule has 0 aliphatic heterocycles. The molecule has 0 aliphatic rings. The SMILES string of the molecule is CC(CN(C)C(=O)c1ccccc1[N+](=O)[O-])C(=O)O. The highest BCUT2D eigenvalue weighted by Gasteiger charge is 2.24. The number of carbonyl (C=O) groups excluding carboxylic acids is 1. The molecule has 0 fully saturated rings. The van der Waals surface area contributed by atoms with Gasteiger partial charge in [0, 0.05) is 19.7 Å². The molecule has 0 spiro atoms. The van der Waals surface area contributed by atoms with Gasteiger partial charge in [-0.1, -0.05) is 19.1 Å². The summed E-state index contributed by atoms with van der Waals surface area (Å²) in [7, 11) is 1.42. The molecule has 7 heteroatoms. The number of hydrogen-bond acceptors (Lipinski definition) is 4. The smallest absolute Gasteiger partial charge is 0.308 e. The first-order valence-corrected chi connectivity index (χ1v) is 5.56. The van der Waals surface area contributed by atoms with E-state index in [-0.39, 0.29) is 17.8 Å². The van der Waals surface area contributed by atoms with Crippen molar-refractivity contribution in [1.82, 2.24) is 4.90 Å². The van der Waals surface area contributed by atoms with E-state index in [4.69, 9.17) is 5.11 Å². The zero-order chi connectivity index (χ0) is 14.6. The Balaban J connectivity index is 2.94. The number of amides is 1. The van der Waals surface area contributed by atoms with Crippen molar-refractivity contribution in [3.05, 3.63) is 39.9 Å². The van der Waals surface area contributed by atoms with E-state index in [9.17, 15) is 19.7 Å². The number of carboxylic acid groups (broad SMARTS) is 1. The summed E-state index contributed by atoms with van der Waals surface area (Å²) < 4.78 is 0. The van der Waals surface area contributed by atoms with Crippen LogP contribution in [-0.2, 0) is 4.79 Å². The average molecular weight is 266 g/mol. The van der Waals surface area contributed by atoms with Gasteiger partial charge in [-0.2, -0.15) is 0 Å². The molecule has 0 aromatic heterocycles. The van der Waals surface area contributed by atoms with Gasteiger partial charge in [0.15, 0.2) is 0 Å². The summed E-state index contributed by atoms with van der Waals surface area (Å²) in [6.07, 6.45) is 0. The van der Waals surface area contributed by atoms with Gasteiger partial charge < -0.3 is 10.0 Å². The second kappa shape index (κ2) is 5.94. The van der Waals surface area contributed by atoms with Gasteiger partial charge in [-0.05, 0) is 6.07 Å². The summed E-state index contributed by atoms with van der Waals surface area (Å²) in [5.41, 5.74) is -0.338. The lowest BCUT2D eigenvalue weighted by molar-refractivity contribution is -0.385. The van der Waals surface area contributed by atoms with Crippen LogP contribution in [0, 0.1) is 16.0 Å². The minimum Gasteiger partial charge on any atom is -0.481 e. The Bertz CT molecular complexity index is 515. The fourth-order valence-corrected chi connectivity index (χ4v) is 1.59. The van der Waals surface area contributed by atoms with Crippen LogP contribution in [0.25, 0.3) is 0 Å². The van der Waals surface area contributed by atoms with Crippen LogP contribution in [0.1, 0.15) is 17.3 Å². The van der Waals surface area contributed by atoms with E-state index in [1.807, 2.05) is 0 Å². The molecule has 0 saturated heterocycles. The third-order valence-electron chi connectivity index (χ3n) is 2.65. The van der Waals surface area contributed by atoms with E-state index in [1.165, 1.54) is 43.1 Å². The minimum atomic E-state index is -1.03. The molecule has 7 nitrogen and oxygen atoms in total. The lowest BCUT2D eigenvalue weighted by atomic mass is 10.1. The highest BCUT2D eigenvalue weighted by Crippen LogP contribution is 2.19. The van der Waals surface area contributed by atoms with Crippen LogP contribution in [0.5, 0.6) is 0 Å². The topological polar surface area (TPSA) is 101 Å². The number of nitro groups is 1. The van der Waals surface area contributed by atoms with E-state index >= 15 is 0 Å². The lowest BCUT2D eigenvalue weighted by Gasteiger charge is -2.19. The third-order valence-corrected chi connectivity index (χ3v) is 2.65. The molecular formula is C12H14N2O5. The Morgan fingerprint density at radius 3 is 2.53 bits per heavy atom. The number of carboxylic acids is 1. The predicted octanol–water partition coefficient (Wildman–Crippen LogP) is 1.39. The van der Waals surface area contributed by atoms with Crippen molar-refractivity contribution in [1.29, 1.82) is 0 Å². The average Bonchev–Trinajstić information content (AvgIpc) is 2.37. The van der Waals surface area contributed by atoms with Crippen LogP contribution in [0.15, 0.2) is 24.3 Å². The van der Waals surface area contributed by atoms with Crippen LogP contribution >= 0.6 is 0 Å². The van der Waals surface area contributed by atoms with Gasteiger partial charge >= 0.3 is 5.97 Å². The van der Waals surface area contributed by atoms with Crippen LogP contribution < -0.4 is 0 Å². The van der Waals surface area contributed by atoms with Gasteiger partial charge in [0.25, 0.3) is 11.6 Å². The van der Waals surface area contributed by atoms with E-state index < -0.39 is 22.7 Å². The Labute approximate surface area is 109 Å². The van der Waals surface area contributed by atoms with Gasteiger partial charge in [0.1, 0.15) is 5.56 Å². The molecule has 1 rings (SSSR count). The largest absolute Gasteiger partial charge is 0.481 e. The van der Waals surface area contributed by atoms with Crippen molar-refractivity contribution in [2.45, 2.75) is 6.92 Å². The number of hydrogen-bond donors (Lipinski definition) is 1. The van der Waals surface area contributed by atoms with Crippen molar-refractivity contribution in [3.63, 3.8) is 0 Å². The fraction of sp³-hybridized carbons (Fsp3) is 0.333. The minimum absolute atomic E-state index is 0.0137. The molecule has 1 N–H and O–H groups in total. The van der Waals surface area contributed by atoms with Crippen LogP contribution in [-0.4, -0.2) is 40.4 Å². The molecule has 1 aromatic rings. The maximum Gasteiger partial charge on any atom is 0.308 e. The number of rotatable bonds is 5. The first kappa shape index (κ1) is 14.6. The number of nitro benzene ring substituents is 1. The van der Waals surface area contributed by atoms with Gasteiger partial charge in [0.05, 0.1) is 10.8 Å². The highest BCUT2D eigenvalue weighted by molar-refractivity contribution is 5.98. The summed E-state index contributed by atoms with van der Waals surface area (Å²) in [4.78, 5) is 34.1. The molecule has 0 heterocycles. The van der Waals surface area contributed by atoms with Gasteiger partial charge in [-0.3, -0.25) is 19.7 Å². The van der Waals surface area contributed by atoms with Crippen LogP contribution in [0.2, 0.25) is 0 Å². The number of nitrogens with zero attached hydrogens (tertiary/aromatic N) is 2. The molecule has 1 aromatic carbocycles. The van der Waals surface area contributed by atoms with Gasteiger partial charge in [-0.25, -0.2) is 0 Å². The lowest BCUT2D eigenvalue weighted by Crippen LogP contribution is -2.34. The second-order valence-corrected chi connectivity index (χ2v) is 4.20. The molecule has 1 atom stereocenters. The number of carbonyl (C=O) groups is 2. The van der Waals surface area contributed by atoms with Gasteiger partial charge in [-0.15, -0.1) is 0 Å². The molecule has 19 heavy (non-hydrogen) atoms. The molecule has 0 radical (unpaired) electrons.